The summed E-state index contributed by atoms with van der Waals surface area (Å²) < 4.78 is 6.39. The number of nitrogens with two attached hydrogens (primary N) is 1. The van der Waals surface area contributed by atoms with Crippen molar-refractivity contribution in [2.45, 2.75) is 9.10 Å². The summed E-state index contributed by atoms with van der Waals surface area (Å²) in [5.41, 5.74) is 6.68. The molecular formula is C11H11NOS2. The number of rotatable bonds is 3. The number of hydrogen-bond donors (Lipinski definition) is 1. The highest BCUT2D eigenvalue weighted by atomic mass is 32.2. The van der Waals surface area contributed by atoms with Crippen molar-refractivity contribution in [1.29, 1.82) is 0 Å². The van der Waals surface area contributed by atoms with E-state index in [1.54, 1.807) is 30.2 Å². The molecule has 0 fully saturated rings. The van der Waals surface area contributed by atoms with E-state index >= 15 is 0 Å². The molecule has 1 heterocycles. The fraction of sp³-hybridized carbons (Fsp3) is 0.0909. The summed E-state index contributed by atoms with van der Waals surface area (Å²) in [6.07, 6.45) is 0. The molecule has 0 saturated carbocycles. The monoisotopic (exact) mass is 237 g/mol. The number of hydrogen-bond acceptors (Lipinski definition) is 4. The first-order chi connectivity index (χ1) is 7.29. The molecule has 78 valence electrons. The minimum atomic E-state index is 0.786. The van der Waals surface area contributed by atoms with Gasteiger partial charge in [0.15, 0.2) is 0 Å². The fourth-order valence-corrected chi connectivity index (χ4v) is 2.96. The molecule has 0 bridgehead atoms. The van der Waals surface area contributed by atoms with Gasteiger partial charge in [-0.3, -0.25) is 0 Å². The molecule has 2 aromatic rings. The highest BCUT2D eigenvalue weighted by Gasteiger charge is 2.04. The average Bonchev–Trinajstić information content (AvgIpc) is 2.74. The van der Waals surface area contributed by atoms with Gasteiger partial charge in [0, 0.05) is 10.6 Å². The Morgan fingerprint density at radius 3 is 2.87 bits per heavy atom. The van der Waals surface area contributed by atoms with Gasteiger partial charge in [0.05, 0.1) is 11.3 Å². The van der Waals surface area contributed by atoms with Crippen LogP contribution >= 0.6 is 23.1 Å². The Morgan fingerprint density at radius 2 is 2.20 bits per heavy atom. The van der Waals surface area contributed by atoms with Gasteiger partial charge in [0.1, 0.15) is 5.75 Å². The largest absolute Gasteiger partial charge is 0.497 e. The van der Waals surface area contributed by atoms with E-state index in [0.717, 1.165) is 16.3 Å². The zero-order chi connectivity index (χ0) is 10.7. The third-order valence-electron chi connectivity index (χ3n) is 1.93. The molecule has 1 aromatic heterocycles. The zero-order valence-corrected chi connectivity index (χ0v) is 9.90. The first-order valence-corrected chi connectivity index (χ1v) is 6.14. The average molecular weight is 237 g/mol. The Hall–Kier alpha value is -1.13. The minimum Gasteiger partial charge on any atom is -0.497 e. The molecule has 0 spiro atoms. The number of ether oxygens (including phenoxy) is 1. The van der Waals surface area contributed by atoms with E-state index in [1.165, 1.54) is 4.21 Å². The quantitative estimate of drug-likeness (QED) is 0.830. The van der Waals surface area contributed by atoms with Crippen LogP contribution in [0.5, 0.6) is 5.75 Å². The first kappa shape index (κ1) is 10.4. The fourth-order valence-electron chi connectivity index (χ4n) is 1.16. The number of nitrogen functional groups attached to an aromatic ring is 1. The van der Waals surface area contributed by atoms with Crippen molar-refractivity contribution >= 4 is 28.8 Å². The van der Waals surface area contributed by atoms with Gasteiger partial charge in [-0.15, -0.1) is 11.3 Å². The van der Waals surface area contributed by atoms with Crippen molar-refractivity contribution in [2.24, 2.45) is 0 Å². The molecule has 0 aliphatic carbocycles. The molecule has 4 heteroatoms. The van der Waals surface area contributed by atoms with Gasteiger partial charge in [0.2, 0.25) is 0 Å². The van der Waals surface area contributed by atoms with Gasteiger partial charge in [-0.25, -0.2) is 0 Å². The lowest BCUT2D eigenvalue weighted by Crippen LogP contribution is -1.89. The van der Waals surface area contributed by atoms with Crippen LogP contribution in [0.15, 0.2) is 44.8 Å². The van der Waals surface area contributed by atoms with Crippen LogP contribution in [0, 0.1) is 0 Å². The van der Waals surface area contributed by atoms with E-state index < -0.39 is 0 Å². The maximum absolute atomic E-state index is 5.89. The van der Waals surface area contributed by atoms with Crippen molar-refractivity contribution in [3.63, 3.8) is 0 Å². The molecule has 2 N–H and O–H groups in total. The number of thiophene rings is 1. The van der Waals surface area contributed by atoms with E-state index in [9.17, 15) is 0 Å². The van der Waals surface area contributed by atoms with Crippen LogP contribution in [0.25, 0.3) is 0 Å². The molecule has 1 aromatic carbocycles. The Kier molecular flexibility index (Phi) is 3.18. The molecule has 0 unspecified atom stereocenters. The first-order valence-electron chi connectivity index (χ1n) is 4.44. The molecule has 2 nitrogen and oxygen atoms in total. The van der Waals surface area contributed by atoms with E-state index in [1.807, 2.05) is 24.3 Å². The highest BCUT2D eigenvalue weighted by Crippen LogP contribution is 2.36. The topological polar surface area (TPSA) is 35.2 Å². The van der Waals surface area contributed by atoms with E-state index in [-0.39, 0.29) is 0 Å². The summed E-state index contributed by atoms with van der Waals surface area (Å²) in [6.45, 7) is 0. The lowest BCUT2D eigenvalue weighted by atomic mass is 10.3. The smallest absolute Gasteiger partial charge is 0.120 e. The van der Waals surface area contributed by atoms with Crippen molar-refractivity contribution in [3.05, 3.63) is 35.7 Å². The second-order valence-corrected chi connectivity index (χ2v) is 5.23. The van der Waals surface area contributed by atoms with E-state index in [4.69, 9.17) is 10.5 Å². The Bertz CT molecular complexity index is 440. The summed E-state index contributed by atoms with van der Waals surface area (Å²) >= 11 is 3.37. The van der Waals surface area contributed by atoms with Gasteiger partial charge in [-0.1, -0.05) is 17.8 Å². The molecule has 0 aliphatic rings. The van der Waals surface area contributed by atoms with Crippen LogP contribution < -0.4 is 10.5 Å². The Balaban J connectivity index is 2.27. The van der Waals surface area contributed by atoms with Crippen LogP contribution in [-0.2, 0) is 0 Å². The molecule has 0 saturated heterocycles. The number of benzene rings is 1. The third-order valence-corrected chi connectivity index (χ3v) is 4.04. The van der Waals surface area contributed by atoms with Gasteiger partial charge in [0.25, 0.3) is 0 Å². The molecule has 0 radical (unpaired) electrons. The highest BCUT2D eigenvalue weighted by molar-refractivity contribution is 8.01. The summed E-state index contributed by atoms with van der Waals surface area (Å²) in [4.78, 5) is 1.04. The van der Waals surface area contributed by atoms with Crippen LogP contribution in [0.3, 0.4) is 0 Å². The van der Waals surface area contributed by atoms with Crippen LogP contribution in [0.4, 0.5) is 5.69 Å². The van der Waals surface area contributed by atoms with E-state index in [0.29, 0.717) is 0 Å². The third kappa shape index (κ3) is 2.46. The number of methoxy groups -OCH3 is 1. The zero-order valence-electron chi connectivity index (χ0n) is 8.27. The standard InChI is InChI=1S/C11H11NOS2/c1-13-8-4-5-9(12)10(7-8)15-11-3-2-6-14-11/h2-7H,12H2,1H3. The SMILES string of the molecule is COc1ccc(N)c(Sc2cccs2)c1. The van der Waals surface area contributed by atoms with Crippen molar-refractivity contribution in [2.75, 3.05) is 12.8 Å². The molecule has 0 aliphatic heterocycles. The normalized spacial score (nSPS) is 10.2. The predicted octanol–water partition coefficient (Wildman–Crippen LogP) is 3.49. The maximum Gasteiger partial charge on any atom is 0.120 e. The molecule has 15 heavy (non-hydrogen) atoms. The Morgan fingerprint density at radius 1 is 1.33 bits per heavy atom. The molecule has 0 atom stereocenters. The summed E-state index contributed by atoms with van der Waals surface area (Å²) in [7, 11) is 1.66. The summed E-state index contributed by atoms with van der Waals surface area (Å²) in [5, 5.41) is 2.05. The second-order valence-electron chi connectivity index (χ2n) is 2.94. The van der Waals surface area contributed by atoms with Crippen LogP contribution in [0.1, 0.15) is 0 Å². The minimum absolute atomic E-state index is 0.786. The van der Waals surface area contributed by atoms with Gasteiger partial charge >= 0.3 is 0 Å². The van der Waals surface area contributed by atoms with Crippen LogP contribution in [-0.4, -0.2) is 7.11 Å². The Labute approximate surface area is 97.1 Å². The lowest BCUT2D eigenvalue weighted by Gasteiger charge is -2.06. The summed E-state index contributed by atoms with van der Waals surface area (Å²) in [5.74, 6) is 0.836. The van der Waals surface area contributed by atoms with Gasteiger partial charge in [-0.05, 0) is 29.6 Å². The van der Waals surface area contributed by atoms with Gasteiger partial charge < -0.3 is 10.5 Å². The second kappa shape index (κ2) is 4.59. The van der Waals surface area contributed by atoms with Crippen molar-refractivity contribution in [1.82, 2.24) is 0 Å². The summed E-state index contributed by atoms with van der Waals surface area (Å²) in [6, 6.07) is 9.81. The van der Waals surface area contributed by atoms with E-state index in [2.05, 4.69) is 11.4 Å². The number of anilines is 1. The van der Waals surface area contributed by atoms with Crippen molar-refractivity contribution < 1.29 is 4.74 Å². The molecule has 2 rings (SSSR count). The van der Waals surface area contributed by atoms with Gasteiger partial charge in [-0.2, -0.15) is 0 Å². The lowest BCUT2D eigenvalue weighted by molar-refractivity contribution is 0.414. The molecular weight excluding hydrogens is 226 g/mol. The molecule has 0 amide bonds. The maximum atomic E-state index is 5.89. The van der Waals surface area contributed by atoms with Crippen LogP contribution in [0.2, 0.25) is 0 Å². The van der Waals surface area contributed by atoms with Crippen molar-refractivity contribution in [3.8, 4) is 5.75 Å². The predicted molar refractivity (Wildman–Crippen MR) is 65.8 cm³/mol.